The van der Waals surface area contributed by atoms with Crippen LogP contribution in [0.3, 0.4) is 0 Å². The molecule has 1 saturated heterocycles. The van der Waals surface area contributed by atoms with Gasteiger partial charge >= 0.3 is 0 Å². The van der Waals surface area contributed by atoms with Crippen molar-refractivity contribution in [2.75, 3.05) is 33.3 Å². The number of aromatic nitrogens is 5. The van der Waals surface area contributed by atoms with Gasteiger partial charge in [-0.05, 0) is 30.3 Å². The lowest BCUT2D eigenvalue weighted by Crippen LogP contribution is -2.50. The summed E-state index contributed by atoms with van der Waals surface area (Å²) in [4.78, 5) is 39.1. The highest BCUT2D eigenvalue weighted by Gasteiger charge is 2.29. The molecule has 4 heterocycles. The number of amides is 2. The molecule has 0 unspecified atom stereocenters. The van der Waals surface area contributed by atoms with Crippen molar-refractivity contribution < 1.29 is 14.3 Å². The molecule has 0 bridgehead atoms. The number of imidazole rings is 1. The van der Waals surface area contributed by atoms with Crippen LogP contribution in [-0.2, 0) is 0 Å². The monoisotopic (exact) mass is 507 g/mol. The predicted octanol–water partition coefficient (Wildman–Crippen LogP) is 3.19. The third kappa shape index (κ3) is 4.15. The highest BCUT2D eigenvalue weighted by atomic mass is 16.5. The van der Waals surface area contributed by atoms with Gasteiger partial charge in [-0.1, -0.05) is 24.3 Å². The number of nitrogens with zero attached hydrogens (tertiary/aromatic N) is 7. The van der Waals surface area contributed by atoms with Crippen molar-refractivity contribution in [3.63, 3.8) is 0 Å². The van der Waals surface area contributed by atoms with Gasteiger partial charge < -0.3 is 14.5 Å². The molecule has 5 aromatic rings. The molecule has 2 amide bonds. The molecule has 1 aliphatic heterocycles. The Morgan fingerprint density at radius 3 is 2.39 bits per heavy atom. The molecule has 2 aromatic carbocycles. The summed E-state index contributed by atoms with van der Waals surface area (Å²) in [6, 6.07) is 18.6. The van der Waals surface area contributed by atoms with Crippen molar-refractivity contribution in [1.29, 1.82) is 0 Å². The fourth-order valence-corrected chi connectivity index (χ4v) is 4.72. The van der Waals surface area contributed by atoms with Gasteiger partial charge in [-0.25, -0.2) is 9.67 Å². The maximum absolute atomic E-state index is 13.7. The maximum Gasteiger partial charge on any atom is 0.274 e. The van der Waals surface area contributed by atoms with E-state index in [1.54, 1.807) is 46.4 Å². The number of carbonyl (C=O) groups excluding carboxylic acids is 2. The summed E-state index contributed by atoms with van der Waals surface area (Å²) >= 11 is 0. The zero-order valence-electron chi connectivity index (χ0n) is 20.8. The van der Waals surface area contributed by atoms with Crippen LogP contribution in [0.15, 0.2) is 85.5 Å². The average Bonchev–Trinajstić information content (AvgIpc) is 3.62. The van der Waals surface area contributed by atoms with Crippen LogP contribution in [0.25, 0.3) is 22.7 Å². The smallest absolute Gasteiger partial charge is 0.274 e. The summed E-state index contributed by atoms with van der Waals surface area (Å²) < 4.78 is 8.99. The second-order valence-electron chi connectivity index (χ2n) is 8.90. The number of methoxy groups -OCH3 is 1. The van der Waals surface area contributed by atoms with E-state index in [2.05, 4.69) is 10.1 Å². The summed E-state index contributed by atoms with van der Waals surface area (Å²) in [6.45, 7) is 1.76. The summed E-state index contributed by atoms with van der Waals surface area (Å²) in [5, 5.41) is 4.50. The van der Waals surface area contributed by atoms with Crippen molar-refractivity contribution in [3.05, 3.63) is 96.7 Å². The number of hydrogen-bond acceptors (Lipinski definition) is 6. The topological polar surface area (TPSA) is 97.9 Å². The number of piperazine rings is 1. The Morgan fingerprint density at radius 1 is 0.868 bits per heavy atom. The van der Waals surface area contributed by atoms with E-state index < -0.39 is 0 Å². The lowest BCUT2D eigenvalue weighted by Gasteiger charge is -2.34. The van der Waals surface area contributed by atoms with Crippen LogP contribution in [0.5, 0.6) is 5.75 Å². The zero-order chi connectivity index (χ0) is 26.1. The van der Waals surface area contributed by atoms with Crippen LogP contribution in [0.4, 0.5) is 0 Å². The van der Waals surface area contributed by atoms with Crippen molar-refractivity contribution in [1.82, 2.24) is 33.9 Å². The molecule has 0 saturated carbocycles. The zero-order valence-corrected chi connectivity index (χ0v) is 20.8. The van der Waals surface area contributed by atoms with Gasteiger partial charge in [0.25, 0.3) is 11.8 Å². The van der Waals surface area contributed by atoms with E-state index in [1.165, 1.54) is 0 Å². The first-order valence-corrected chi connectivity index (χ1v) is 12.3. The van der Waals surface area contributed by atoms with E-state index in [0.29, 0.717) is 54.5 Å². The predicted molar refractivity (Wildman–Crippen MR) is 140 cm³/mol. The highest BCUT2D eigenvalue weighted by Crippen LogP contribution is 2.27. The van der Waals surface area contributed by atoms with Gasteiger partial charge in [0, 0.05) is 50.2 Å². The van der Waals surface area contributed by atoms with E-state index in [4.69, 9.17) is 9.72 Å². The Balaban J connectivity index is 1.29. The molecule has 1 aliphatic rings. The third-order valence-corrected chi connectivity index (χ3v) is 6.69. The van der Waals surface area contributed by atoms with Crippen LogP contribution >= 0.6 is 0 Å². The molecule has 10 nitrogen and oxygen atoms in total. The lowest BCUT2D eigenvalue weighted by molar-refractivity contribution is 0.0533. The van der Waals surface area contributed by atoms with Crippen LogP contribution in [0, 0.1) is 0 Å². The van der Waals surface area contributed by atoms with E-state index in [-0.39, 0.29) is 11.8 Å². The molecule has 0 atom stereocenters. The van der Waals surface area contributed by atoms with Gasteiger partial charge in [-0.15, -0.1) is 0 Å². The number of ether oxygens (including phenoxy) is 1. The molecule has 38 heavy (non-hydrogen) atoms. The fraction of sp³-hybridized carbons (Fsp3) is 0.179. The minimum absolute atomic E-state index is 0.0255. The molecule has 190 valence electrons. The van der Waals surface area contributed by atoms with E-state index >= 15 is 0 Å². The number of carbonyl (C=O) groups is 2. The van der Waals surface area contributed by atoms with Crippen LogP contribution in [-0.4, -0.2) is 79.1 Å². The van der Waals surface area contributed by atoms with Crippen LogP contribution in [0.1, 0.15) is 20.8 Å². The second kappa shape index (κ2) is 9.81. The molecule has 3 aromatic heterocycles. The Kier molecular flexibility index (Phi) is 6.04. The minimum Gasteiger partial charge on any atom is -0.497 e. The van der Waals surface area contributed by atoms with Crippen LogP contribution in [0.2, 0.25) is 0 Å². The Morgan fingerprint density at radius 2 is 1.63 bits per heavy atom. The standard InChI is InChI=1S/C28H25N7O3/c1-38-22-9-5-8-21(18-22)35-23(10-11-30-35)26-31-25(24-19-29-12-13-34(24)26)28(37)33-16-14-32(15-17-33)27(36)20-6-3-2-4-7-20/h2-13,18-19H,14-17H2,1H3. The number of hydrogen-bond donors (Lipinski definition) is 0. The minimum atomic E-state index is -0.194. The van der Waals surface area contributed by atoms with E-state index in [0.717, 1.165) is 11.4 Å². The molecule has 0 spiro atoms. The van der Waals surface area contributed by atoms with Gasteiger partial charge in [-0.2, -0.15) is 5.10 Å². The summed E-state index contributed by atoms with van der Waals surface area (Å²) in [7, 11) is 1.62. The van der Waals surface area contributed by atoms with Gasteiger partial charge in [0.2, 0.25) is 0 Å². The quantitative estimate of drug-likeness (QED) is 0.362. The van der Waals surface area contributed by atoms with E-state index in [9.17, 15) is 9.59 Å². The highest BCUT2D eigenvalue weighted by molar-refractivity contribution is 6.00. The first-order valence-electron chi connectivity index (χ1n) is 12.3. The SMILES string of the molecule is COc1cccc(-n2nccc2-c2nc(C(=O)N3CCN(C(=O)c4ccccc4)CC3)c3cnccn23)c1. The van der Waals surface area contributed by atoms with E-state index in [1.807, 2.05) is 65.1 Å². The number of fused-ring (bicyclic) bond motifs is 1. The second-order valence-corrected chi connectivity index (χ2v) is 8.90. The van der Waals surface area contributed by atoms with Gasteiger partial charge in [0.15, 0.2) is 11.5 Å². The third-order valence-electron chi connectivity index (χ3n) is 6.69. The fourth-order valence-electron chi connectivity index (χ4n) is 4.72. The van der Waals surface area contributed by atoms with Gasteiger partial charge in [-0.3, -0.25) is 19.0 Å². The number of benzene rings is 2. The van der Waals surface area contributed by atoms with Crippen molar-refractivity contribution in [2.45, 2.75) is 0 Å². The first kappa shape index (κ1) is 23.4. The lowest BCUT2D eigenvalue weighted by atomic mass is 10.2. The average molecular weight is 508 g/mol. The Labute approximate surface area is 218 Å². The molecule has 10 heteroatoms. The number of rotatable bonds is 5. The summed E-state index contributed by atoms with van der Waals surface area (Å²) in [5.41, 5.74) is 3.10. The van der Waals surface area contributed by atoms with Crippen molar-refractivity contribution in [2.24, 2.45) is 0 Å². The van der Waals surface area contributed by atoms with Gasteiger partial charge in [0.1, 0.15) is 11.4 Å². The molecule has 1 fully saturated rings. The molecular weight excluding hydrogens is 482 g/mol. The molecular formula is C28H25N7O3. The van der Waals surface area contributed by atoms with Crippen molar-refractivity contribution >= 4 is 17.3 Å². The molecule has 0 aliphatic carbocycles. The summed E-state index contributed by atoms with van der Waals surface area (Å²) in [6.07, 6.45) is 6.78. The van der Waals surface area contributed by atoms with Gasteiger partial charge in [0.05, 0.1) is 30.7 Å². The van der Waals surface area contributed by atoms with Crippen molar-refractivity contribution in [3.8, 4) is 23.0 Å². The Hall–Kier alpha value is -4.99. The summed E-state index contributed by atoms with van der Waals surface area (Å²) in [5.74, 6) is 1.06. The molecule has 0 radical (unpaired) electrons. The van der Waals surface area contributed by atoms with Crippen LogP contribution < -0.4 is 4.74 Å². The molecule has 0 N–H and O–H groups in total. The maximum atomic E-state index is 13.7. The Bertz CT molecular complexity index is 1620. The molecule has 6 rings (SSSR count). The first-order chi connectivity index (χ1) is 18.6. The normalized spacial score (nSPS) is 13.6. The largest absolute Gasteiger partial charge is 0.497 e.